The van der Waals surface area contributed by atoms with Crippen LogP contribution in [-0.4, -0.2) is 16.6 Å². The molecule has 1 heterocycles. The summed E-state index contributed by atoms with van der Waals surface area (Å²) in [6.07, 6.45) is 2.59. The summed E-state index contributed by atoms with van der Waals surface area (Å²) in [5.41, 5.74) is 8.62. The number of hydrogen-bond acceptors (Lipinski definition) is 3. The summed E-state index contributed by atoms with van der Waals surface area (Å²) >= 11 is 5.02. The van der Waals surface area contributed by atoms with Gasteiger partial charge in [0, 0.05) is 23.9 Å². The van der Waals surface area contributed by atoms with Gasteiger partial charge in [-0.2, -0.15) is 0 Å². The number of hydrogen-bond donors (Lipinski definition) is 1. The van der Waals surface area contributed by atoms with Crippen LogP contribution in [0.1, 0.15) is 16.8 Å². The summed E-state index contributed by atoms with van der Waals surface area (Å²) in [4.78, 5) is 4.65. The van der Waals surface area contributed by atoms with E-state index in [-0.39, 0.29) is 0 Å². The van der Waals surface area contributed by atoms with Gasteiger partial charge < -0.3 is 10.5 Å². The molecule has 0 amide bonds. The third-order valence-electron chi connectivity index (χ3n) is 2.77. The molecule has 0 saturated heterocycles. The molecule has 0 aliphatic carbocycles. The summed E-state index contributed by atoms with van der Waals surface area (Å²) in [6.45, 7) is 1.14. The second-order valence-corrected chi connectivity index (χ2v) is 4.58. The van der Waals surface area contributed by atoms with Crippen LogP contribution in [0.2, 0.25) is 0 Å². The van der Waals surface area contributed by atoms with Crippen molar-refractivity contribution in [2.45, 2.75) is 13.0 Å². The maximum Gasteiger partial charge on any atom is 0.104 e. The number of aromatic nitrogens is 1. The van der Waals surface area contributed by atoms with Crippen molar-refractivity contribution in [1.29, 1.82) is 0 Å². The molecule has 2 N–H and O–H groups in total. The van der Waals surface area contributed by atoms with Crippen molar-refractivity contribution in [2.75, 3.05) is 6.61 Å². The van der Waals surface area contributed by atoms with E-state index >= 15 is 0 Å². The van der Waals surface area contributed by atoms with Gasteiger partial charge in [0.25, 0.3) is 0 Å². The Morgan fingerprint density at radius 1 is 1.16 bits per heavy atom. The minimum Gasteiger partial charge on any atom is -0.389 e. The molecule has 98 valence electrons. The van der Waals surface area contributed by atoms with Crippen molar-refractivity contribution in [3.8, 4) is 0 Å². The van der Waals surface area contributed by atoms with Crippen molar-refractivity contribution in [1.82, 2.24) is 4.98 Å². The molecular weight excluding hydrogens is 256 g/mol. The highest BCUT2D eigenvalue weighted by molar-refractivity contribution is 7.80. The number of rotatable bonds is 6. The number of pyridine rings is 1. The number of thiocarbonyl (C=S) groups is 1. The van der Waals surface area contributed by atoms with E-state index in [1.54, 1.807) is 6.20 Å². The number of nitrogens with zero attached hydrogens (tertiary/aromatic N) is 1. The van der Waals surface area contributed by atoms with E-state index in [2.05, 4.69) is 4.98 Å². The minimum absolute atomic E-state index is 0.406. The highest BCUT2D eigenvalue weighted by Crippen LogP contribution is 2.10. The highest BCUT2D eigenvalue weighted by atomic mass is 32.1. The van der Waals surface area contributed by atoms with Crippen LogP contribution >= 0.6 is 12.2 Å². The zero-order valence-corrected chi connectivity index (χ0v) is 11.4. The van der Waals surface area contributed by atoms with E-state index < -0.39 is 0 Å². The first-order valence-electron chi connectivity index (χ1n) is 6.13. The molecule has 0 unspecified atom stereocenters. The largest absolute Gasteiger partial charge is 0.389 e. The zero-order chi connectivity index (χ0) is 13.5. The van der Waals surface area contributed by atoms with E-state index in [1.807, 2.05) is 42.5 Å². The Balaban J connectivity index is 1.85. The molecule has 0 spiro atoms. The van der Waals surface area contributed by atoms with Crippen LogP contribution in [0.5, 0.6) is 0 Å². The second kappa shape index (κ2) is 6.97. The summed E-state index contributed by atoms with van der Waals surface area (Å²) in [5.74, 6) is 0. The molecular formula is C15H16N2OS. The van der Waals surface area contributed by atoms with E-state index in [9.17, 15) is 0 Å². The van der Waals surface area contributed by atoms with Gasteiger partial charge >= 0.3 is 0 Å². The Labute approximate surface area is 118 Å². The van der Waals surface area contributed by atoms with Gasteiger partial charge in [0.2, 0.25) is 0 Å². The Kier molecular flexibility index (Phi) is 5.01. The molecule has 2 rings (SSSR count). The zero-order valence-electron chi connectivity index (χ0n) is 10.6. The Morgan fingerprint density at radius 3 is 2.68 bits per heavy atom. The Hall–Kier alpha value is -1.78. The summed E-state index contributed by atoms with van der Waals surface area (Å²) < 4.78 is 5.66. The predicted molar refractivity (Wildman–Crippen MR) is 79.9 cm³/mol. The number of benzene rings is 1. The average molecular weight is 272 g/mol. The van der Waals surface area contributed by atoms with E-state index in [0.717, 1.165) is 23.2 Å². The molecule has 3 nitrogen and oxygen atoms in total. The van der Waals surface area contributed by atoms with E-state index in [4.69, 9.17) is 22.7 Å². The molecule has 19 heavy (non-hydrogen) atoms. The van der Waals surface area contributed by atoms with Crippen LogP contribution < -0.4 is 5.73 Å². The molecule has 1 aromatic heterocycles. The quantitative estimate of drug-likeness (QED) is 0.648. The van der Waals surface area contributed by atoms with Crippen LogP contribution in [0.25, 0.3) is 0 Å². The van der Waals surface area contributed by atoms with Crippen LogP contribution in [0, 0.1) is 0 Å². The smallest absolute Gasteiger partial charge is 0.104 e. The van der Waals surface area contributed by atoms with Gasteiger partial charge in [-0.3, -0.25) is 4.98 Å². The molecule has 1 aromatic carbocycles. The molecule has 0 bridgehead atoms. The van der Waals surface area contributed by atoms with Gasteiger partial charge in [-0.15, -0.1) is 0 Å². The summed E-state index contributed by atoms with van der Waals surface area (Å²) in [5, 5.41) is 0. The first-order chi connectivity index (χ1) is 9.27. The normalized spacial score (nSPS) is 10.3. The first-order valence-corrected chi connectivity index (χ1v) is 6.53. The maximum atomic E-state index is 5.68. The number of nitrogens with two attached hydrogens (primary N) is 1. The Bertz CT molecular complexity index is 543. The molecule has 0 aliphatic rings. The number of ether oxygens (including phenoxy) is 1. The fraction of sp³-hybridized carbons (Fsp3) is 0.200. The van der Waals surface area contributed by atoms with Gasteiger partial charge in [-0.1, -0.05) is 42.5 Å². The Morgan fingerprint density at radius 2 is 1.95 bits per heavy atom. The van der Waals surface area contributed by atoms with Gasteiger partial charge in [-0.05, 0) is 17.7 Å². The van der Waals surface area contributed by atoms with Crippen molar-refractivity contribution in [3.05, 3.63) is 65.5 Å². The lowest BCUT2D eigenvalue weighted by atomic mass is 10.1. The van der Waals surface area contributed by atoms with E-state index in [0.29, 0.717) is 18.2 Å². The lowest BCUT2D eigenvalue weighted by Gasteiger charge is -2.08. The van der Waals surface area contributed by atoms with Crippen molar-refractivity contribution >= 4 is 17.2 Å². The summed E-state index contributed by atoms with van der Waals surface area (Å²) in [7, 11) is 0. The molecule has 0 atom stereocenters. The van der Waals surface area contributed by atoms with Gasteiger partial charge in [0.15, 0.2) is 0 Å². The SMILES string of the molecule is NC(=S)c1ccccc1COCCc1ccccn1. The lowest BCUT2D eigenvalue weighted by Crippen LogP contribution is -2.13. The van der Waals surface area contributed by atoms with Gasteiger partial charge in [0.05, 0.1) is 13.2 Å². The third-order valence-corrected chi connectivity index (χ3v) is 2.99. The fourth-order valence-corrected chi connectivity index (χ4v) is 1.99. The average Bonchev–Trinajstić information content (AvgIpc) is 2.45. The predicted octanol–water partition coefficient (Wildman–Crippen LogP) is 2.48. The topological polar surface area (TPSA) is 48.1 Å². The molecule has 0 aliphatic heterocycles. The second-order valence-electron chi connectivity index (χ2n) is 4.15. The van der Waals surface area contributed by atoms with Crippen molar-refractivity contribution in [2.24, 2.45) is 5.73 Å². The minimum atomic E-state index is 0.406. The molecule has 0 saturated carbocycles. The molecule has 2 aromatic rings. The van der Waals surface area contributed by atoms with Crippen LogP contribution in [0.15, 0.2) is 48.7 Å². The van der Waals surface area contributed by atoms with Crippen molar-refractivity contribution < 1.29 is 4.74 Å². The molecule has 4 heteroatoms. The monoisotopic (exact) mass is 272 g/mol. The molecule has 0 radical (unpaired) electrons. The van der Waals surface area contributed by atoms with Crippen LogP contribution in [0.3, 0.4) is 0 Å². The van der Waals surface area contributed by atoms with Crippen LogP contribution in [-0.2, 0) is 17.8 Å². The standard InChI is InChI=1S/C15H16N2OS/c16-15(19)14-7-2-1-5-12(14)11-18-10-8-13-6-3-4-9-17-13/h1-7,9H,8,10-11H2,(H2,16,19). The summed E-state index contributed by atoms with van der Waals surface area (Å²) in [6, 6.07) is 13.7. The van der Waals surface area contributed by atoms with Crippen LogP contribution in [0.4, 0.5) is 0 Å². The van der Waals surface area contributed by atoms with Crippen molar-refractivity contribution in [3.63, 3.8) is 0 Å². The maximum absolute atomic E-state index is 5.68. The van der Waals surface area contributed by atoms with Gasteiger partial charge in [0.1, 0.15) is 4.99 Å². The highest BCUT2D eigenvalue weighted by Gasteiger charge is 2.04. The molecule has 0 fully saturated rings. The van der Waals surface area contributed by atoms with E-state index in [1.165, 1.54) is 0 Å². The van der Waals surface area contributed by atoms with Gasteiger partial charge in [-0.25, -0.2) is 0 Å². The fourth-order valence-electron chi connectivity index (χ4n) is 1.79. The third kappa shape index (κ3) is 4.12. The lowest BCUT2D eigenvalue weighted by molar-refractivity contribution is 0.123. The first kappa shape index (κ1) is 13.6.